The summed E-state index contributed by atoms with van der Waals surface area (Å²) >= 11 is 5.69. The SMILES string of the molecule is Cc1[nH]c(=O)c(C#N)c(C)c1CCl. The molecule has 0 aliphatic heterocycles. The number of H-pyrrole nitrogens is 1. The van der Waals surface area contributed by atoms with E-state index in [9.17, 15) is 4.79 Å². The third kappa shape index (κ3) is 1.58. The standard InChI is InChI=1S/C9H9ClN2O/c1-5-7(3-10)6(2)12-9(13)8(5)4-11/h3H2,1-2H3,(H,12,13). The molecule has 0 spiro atoms. The Bertz CT molecular complexity index is 428. The molecule has 3 nitrogen and oxygen atoms in total. The van der Waals surface area contributed by atoms with E-state index in [-0.39, 0.29) is 11.1 Å². The maximum atomic E-state index is 11.2. The number of alkyl halides is 1. The Morgan fingerprint density at radius 1 is 1.54 bits per heavy atom. The number of hydrogen-bond acceptors (Lipinski definition) is 2. The van der Waals surface area contributed by atoms with Crippen molar-refractivity contribution >= 4 is 11.6 Å². The fraction of sp³-hybridized carbons (Fsp3) is 0.333. The number of hydrogen-bond donors (Lipinski definition) is 1. The van der Waals surface area contributed by atoms with Gasteiger partial charge in [-0.25, -0.2) is 0 Å². The molecule has 1 aromatic heterocycles. The lowest BCUT2D eigenvalue weighted by atomic mass is 10.1. The number of nitriles is 1. The minimum absolute atomic E-state index is 0.154. The van der Waals surface area contributed by atoms with E-state index >= 15 is 0 Å². The molecule has 68 valence electrons. The molecule has 0 unspecified atom stereocenters. The van der Waals surface area contributed by atoms with Gasteiger partial charge in [-0.05, 0) is 25.0 Å². The third-order valence-corrected chi connectivity index (χ3v) is 2.32. The molecule has 1 N–H and O–H groups in total. The molecule has 0 amide bonds. The minimum atomic E-state index is -0.341. The molecular formula is C9H9ClN2O. The van der Waals surface area contributed by atoms with Crippen LogP contribution in [0, 0.1) is 25.2 Å². The zero-order valence-electron chi connectivity index (χ0n) is 7.44. The fourth-order valence-corrected chi connectivity index (χ4v) is 1.65. The zero-order valence-corrected chi connectivity index (χ0v) is 8.20. The first-order valence-corrected chi connectivity index (χ1v) is 4.33. The van der Waals surface area contributed by atoms with Crippen molar-refractivity contribution in [3.05, 3.63) is 32.7 Å². The second-order valence-electron chi connectivity index (χ2n) is 2.80. The first-order valence-electron chi connectivity index (χ1n) is 3.80. The summed E-state index contributed by atoms with van der Waals surface area (Å²) in [4.78, 5) is 13.8. The molecule has 0 saturated heterocycles. The van der Waals surface area contributed by atoms with Crippen LogP contribution < -0.4 is 5.56 Å². The third-order valence-electron chi connectivity index (χ3n) is 2.05. The van der Waals surface area contributed by atoms with Crippen LogP contribution in [0.15, 0.2) is 4.79 Å². The number of aromatic nitrogens is 1. The van der Waals surface area contributed by atoms with Crippen LogP contribution in [-0.2, 0) is 5.88 Å². The van der Waals surface area contributed by atoms with Gasteiger partial charge in [-0.2, -0.15) is 5.26 Å². The van der Waals surface area contributed by atoms with E-state index in [0.717, 1.165) is 11.3 Å². The molecule has 1 aromatic rings. The van der Waals surface area contributed by atoms with Gasteiger partial charge < -0.3 is 4.98 Å². The van der Waals surface area contributed by atoms with Crippen LogP contribution in [0.2, 0.25) is 0 Å². The molecule has 0 fully saturated rings. The zero-order chi connectivity index (χ0) is 10.0. The molecule has 0 bridgehead atoms. The van der Waals surface area contributed by atoms with Crippen molar-refractivity contribution in [2.24, 2.45) is 0 Å². The fourth-order valence-electron chi connectivity index (χ4n) is 1.25. The highest BCUT2D eigenvalue weighted by molar-refractivity contribution is 6.17. The van der Waals surface area contributed by atoms with Crippen molar-refractivity contribution in [1.29, 1.82) is 5.26 Å². The van der Waals surface area contributed by atoms with Gasteiger partial charge in [0.15, 0.2) is 0 Å². The molecule has 1 rings (SSSR count). The smallest absolute Gasteiger partial charge is 0.266 e. The van der Waals surface area contributed by atoms with Gasteiger partial charge in [-0.15, -0.1) is 11.6 Å². The van der Waals surface area contributed by atoms with E-state index in [1.165, 1.54) is 0 Å². The van der Waals surface area contributed by atoms with Crippen LogP contribution in [0.25, 0.3) is 0 Å². The Balaban J connectivity index is 3.60. The van der Waals surface area contributed by atoms with Crippen LogP contribution in [0.4, 0.5) is 0 Å². The molecule has 0 saturated carbocycles. The first-order chi connectivity index (χ1) is 6.11. The summed E-state index contributed by atoms with van der Waals surface area (Å²) in [5.41, 5.74) is 2.06. The number of rotatable bonds is 1. The monoisotopic (exact) mass is 196 g/mol. The van der Waals surface area contributed by atoms with Crippen LogP contribution >= 0.6 is 11.6 Å². The lowest BCUT2D eigenvalue weighted by Gasteiger charge is -2.06. The largest absolute Gasteiger partial charge is 0.325 e. The summed E-state index contributed by atoms with van der Waals surface area (Å²) < 4.78 is 0. The highest BCUT2D eigenvalue weighted by atomic mass is 35.5. The van der Waals surface area contributed by atoms with Gasteiger partial charge in [-0.3, -0.25) is 4.79 Å². The average molecular weight is 197 g/mol. The molecule has 0 aliphatic carbocycles. The molecule has 13 heavy (non-hydrogen) atoms. The van der Waals surface area contributed by atoms with Crippen molar-refractivity contribution in [3.8, 4) is 6.07 Å². The van der Waals surface area contributed by atoms with Gasteiger partial charge in [0, 0.05) is 11.6 Å². The number of halogens is 1. The topological polar surface area (TPSA) is 56.6 Å². The average Bonchev–Trinajstić information content (AvgIpc) is 2.04. The Labute approximate surface area is 81.0 Å². The van der Waals surface area contributed by atoms with Crippen LogP contribution in [0.1, 0.15) is 22.4 Å². The van der Waals surface area contributed by atoms with Crippen molar-refractivity contribution in [2.75, 3.05) is 0 Å². The van der Waals surface area contributed by atoms with Gasteiger partial charge in [0.05, 0.1) is 0 Å². The van der Waals surface area contributed by atoms with Gasteiger partial charge in [0.25, 0.3) is 5.56 Å². The highest BCUT2D eigenvalue weighted by Crippen LogP contribution is 2.14. The predicted octanol–water partition coefficient (Wildman–Crippen LogP) is 1.60. The van der Waals surface area contributed by atoms with Gasteiger partial charge >= 0.3 is 0 Å². The Hall–Kier alpha value is -1.27. The normalized spacial score (nSPS) is 9.69. The van der Waals surface area contributed by atoms with Crippen molar-refractivity contribution < 1.29 is 0 Å². The van der Waals surface area contributed by atoms with Crippen LogP contribution in [0.3, 0.4) is 0 Å². The highest BCUT2D eigenvalue weighted by Gasteiger charge is 2.10. The number of nitrogens with zero attached hydrogens (tertiary/aromatic N) is 1. The van der Waals surface area contributed by atoms with E-state index in [2.05, 4.69) is 4.98 Å². The van der Waals surface area contributed by atoms with Crippen LogP contribution in [0.5, 0.6) is 0 Å². The van der Waals surface area contributed by atoms with Crippen molar-refractivity contribution in [1.82, 2.24) is 4.98 Å². The van der Waals surface area contributed by atoms with E-state index < -0.39 is 0 Å². The van der Waals surface area contributed by atoms with Crippen molar-refractivity contribution in [2.45, 2.75) is 19.7 Å². The molecule has 0 aromatic carbocycles. The maximum absolute atomic E-state index is 11.2. The number of pyridine rings is 1. The summed E-state index contributed by atoms with van der Waals surface area (Å²) in [6.45, 7) is 3.51. The van der Waals surface area contributed by atoms with Crippen LogP contribution in [-0.4, -0.2) is 4.98 Å². The predicted molar refractivity (Wildman–Crippen MR) is 50.8 cm³/mol. The Morgan fingerprint density at radius 2 is 2.15 bits per heavy atom. The molecule has 0 atom stereocenters. The minimum Gasteiger partial charge on any atom is -0.325 e. The maximum Gasteiger partial charge on any atom is 0.266 e. The van der Waals surface area contributed by atoms with E-state index in [1.54, 1.807) is 13.8 Å². The summed E-state index contributed by atoms with van der Waals surface area (Å²) in [6, 6.07) is 1.86. The van der Waals surface area contributed by atoms with E-state index in [4.69, 9.17) is 16.9 Å². The first kappa shape index (κ1) is 9.82. The molecule has 0 aliphatic rings. The molecule has 0 radical (unpaired) electrons. The van der Waals surface area contributed by atoms with E-state index in [1.807, 2.05) is 6.07 Å². The van der Waals surface area contributed by atoms with E-state index in [0.29, 0.717) is 11.4 Å². The Kier molecular flexibility index (Phi) is 2.74. The second kappa shape index (κ2) is 3.63. The van der Waals surface area contributed by atoms with Crippen molar-refractivity contribution in [3.63, 3.8) is 0 Å². The van der Waals surface area contributed by atoms with Gasteiger partial charge in [0.2, 0.25) is 0 Å². The summed E-state index contributed by atoms with van der Waals surface area (Å²) in [5.74, 6) is 0.309. The summed E-state index contributed by atoms with van der Waals surface area (Å²) in [6.07, 6.45) is 0. The number of nitrogens with one attached hydrogen (secondary N) is 1. The Morgan fingerprint density at radius 3 is 2.62 bits per heavy atom. The number of aryl methyl sites for hydroxylation is 1. The molecule has 4 heteroatoms. The molecular weight excluding hydrogens is 188 g/mol. The van der Waals surface area contributed by atoms with Gasteiger partial charge in [0.1, 0.15) is 11.6 Å². The lowest BCUT2D eigenvalue weighted by molar-refractivity contribution is 1.05. The summed E-state index contributed by atoms with van der Waals surface area (Å²) in [7, 11) is 0. The van der Waals surface area contributed by atoms with Gasteiger partial charge in [-0.1, -0.05) is 0 Å². The summed E-state index contributed by atoms with van der Waals surface area (Å²) in [5, 5.41) is 8.70. The lowest BCUT2D eigenvalue weighted by Crippen LogP contribution is -2.15. The number of aromatic amines is 1. The second-order valence-corrected chi connectivity index (χ2v) is 3.07. The molecule has 1 heterocycles. The quantitative estimate of drug-likeness (QED) is 0.694.